The summed E-state index contributed by atoms with van der Waals surface area (Å²) in [4.78, 5) is 23.3. The molecule has 0 saturated carbocycles. The molecule has 0 unspecified atom stereocenters. The van der Waals surface area contributed by atoms with Gasteiger partial charge in [0.15, 0.2) is 11.5 Å². The molecule has 2 aromatic carbocycles. The summed E-state index contributed by atoms with van der Waals surface area (Å²) >= 11 is 1.33. The van der Waals surface area contributed by atoms with Gasteiger partial charge in [-0.15, -0.1) is 11.8 Å². The Balaban J connectivity index is 1.61. The predicted octanol–water partition coefficient (Wildman–Crippen LogP) is 3.44. The van der Waals surface area contributed by atoms with Gasteiger partial charge in [0.05, 0.1) is 10.2 Å². The van der Waals surface area contributed by atoms with E-state index in [9.17, 15) is 14.9 Å². The maximum absolute atomic E-state index is 12.3. The maximum Gasteiger partial charge on any atom is 0.269 e. The van der Waals surface area contributed by atoms with Crippen LogP contribution in [0.15, 0.2) is 47.4 Å². The van der Waals surface area contributed by atoms with Crippen molar-refractivity contribution in [1.82, 2.24) is 0 Å². The van der Waals surface area contributed by atoms with Crippen LogP contribution in [0.4, 0.5) is 11.4 Å². The summed E-state index contributed by atoms with van der Waals surface area (Å²) in [5.41, 5.74) is 0.650. The average Bonchev–Trinajstić information content (AvgIpc) is 3.03. The summed E-state index contributed by atoms with van der Waals surface area (Å²) in [6.45, 7) is 1.95. The first-order chi connectivity index (χ1) is 11.5. The number of nitro groups is 1. The van der Waals surface area contributed by atoms with Crippen molar-refractivity contribution < 1.29 is 19.2 Å². The highest BCUT2D eigenvalue weighted by Crippen LogP contribution is 2.34. The number of non-ortho nitro benzene ring substituents is 1. The Morgan fingerprint density at radius 2 is 1.92 bits per heavy atom. The van der Waals surface area contributed by atoms with Gasteiger partial charge in [-0.05, 0) is 31.2 Å². The van der Waals surface area contributed by atoms with Gasteiger partial charge in [-0.25, -0.2) is 0 Å². The first-order valence-corrected chi connectivity index (χ1v) is 8.02. The van der Waals surface area contributed by atoms with E-state index in [1.807, 2.05) is 0 Å². The molecule has 0 aliphatic carbocycles. The van der Waals surface area contributed by atoms with Crippen LogP contribution >= 0.6 is 11.8 Å². The fraction of sp³-hybridized carbons (Fsp3) is 0.188. The van der Waals surface area contributed by atoms with Gasteiger partial charge >= 0.3 is 0 Å². The predicted molar refractivity (Wildman–Crippen MR) is 89.6 cm³/mol. The second-order valence-corrected chi connectivity index (χ2v) is 6.48. The number of hydrogen-bond donors (Lipinski definition) is 1. The molecule has 0 spiro atoms. The molecule has 0 aromatic heterocycles. The molecule has 1 atom stereocenters. The molecule has 1 heterocycles. The first-order valence-electron chi connectivity index (χ1n) is 7.14. The van der Waals surface area contributed by atoms with Gasteiger partial charge in [0, 0.05) is 28.8 Å². The molecule has 8 heteroatoms. The highest BCUT2D eigenvalue weighted by Gasteiger charge is 2.18. The summed E-state index contributed by atoms with van der Waals surface area (Å²) in [7, 11) is 0. The van der Waals surface area contributed by atoms with Gasteiger partial charge in [0.2, 0.25) is 12.7 Å². The number of anilines is 1. The summed E-state index contributed by atoms with van der Waals surface area (Å²) in [5, 5.41) is 13.1. The van der Waals surface area contributed by atoms with Crippen LogP contribution in [0.1, 0.15) is 6.92 Å². The number of amides is 1. The standard InChI is InChI=1S/C16H14N2O5S/c1-10(24-13-5-3-12(4-6-13)18(20)21)16(19)17-11-2-7-14-15(8-11)23-9-22-14/h2-8,10H,9H2,1H3,(H,17,19)/t10-/m1/s1. The number of nitrogens with zero attached hydrogens (tertiary/aromatic N) is 1. The summed E-state index contributed by atoms with van der Waals surface area (Å²) in [6.07, 6.45) is 0. The monoisotopic (exact) mass is 346 g/mol. The van der Waals surface area contributed by atoms with Crippen LogP contribution in [0.2, 0.25) is 0 Å². The minimum Gasteiger partial charge on any atom is -0.454 e. The zero-order chi connectivity index (χ0) is 17.1. The third-order valence-corrected chi connectivity index (χ3v) is 4.48. The molecule has 1 aliphatic heterocycles. The molecular weight excluding hydrogens is 332 g/mol. The zero-order valence-electron chi connectivity index (χ0n) is 12.7. The Labute approximate surface area is 142 Å². The molecule has 1 aliphatic rings. The van der Waals surface area contributed by atoms with Crippen molar-refractivity contribution in [3.05, 3.63) is 52.6 Å². The van der Waals surface area contributed by atoms with Crippen LogP contribution in [0.25, 0.3) is 0 Å². The Bertz CT molecular complexity index is 779. The number of rotatable bonds is 5. The van der Waals surface area contributed by atoms with E-state index in [1.54, 1.807) is 37.3 Å². The van der Waals surface area contributed by atoms with Crippen molar-refractivity contribution in [3.8, 4) is 11.5 Å². The number of thioether (sulfide) groups is 1. The molecule has 0 bridgehead atoms. The third-order valence-electron chi connectivity index (χ3n) is 3.37. The van der Waals surface area contributed by atoms with E-state index in [0.29, 0.717) is 17.2 Å². The van der Waals surface area contributed by atoms with Crippen molar-refractivity contribution >= 4 is 29.0 Å². The van der Waals surface area contributed by atoms with Crippen LogP contribution in [0.5, 0.6) is 11.5 Å². The lowest BCUT2D eigenvalue weighted by atomic mass is 10.2. The second-order valence-electron chi connectivity index (χ2n) is 5.07. The van der Waals surface area contributed by atoms with Gasteiger partial charge in [-0.3, -0.25) is 14.9 Å². The third kappa shape index (κ3) is 3.60. The molecule has 24 heavy (non-hydrogen) atoms. The second kappa shape index (κ2) is 6.79. The SMILES string of the molecule is C[C@@H](Sc1ccc([N+](=O)[O-])cc1)C(=O)Nc1ccc2c(c1)OCO2. The van der Waals surface area contributed by atoms with Crippen LogP contribution in [0.3, 0.4) is 0 Å². The van der Waals surface area contributed by atoms with Crippen molar-refractivity contribution in [3.63, 3.8) is 0 Å². The fourth-order valence-electron chi connectivity index (χ4n) is 2.12. The molecule has 1 amide bonds. The number of carbonyl (C=O) groups excluding carboxylic acids is 1. The van der Waals surface area contributed by atoms with Gasteiger partial charge in [0.25, 0.3) is 5.69 Å². The lowest BCUT2D eigenvalue weighted by Crippen LogP contribution is -2.22. The normalized spacial score (nSPS) is 13.4. The summed E-state index contributed by atoms with van der Waals surface area (Å²) < 4.78 is 10.5. The number of hydrogen-bond acceptors (Lipinski definition) is 6. The van der Waals surface area contributed by atoms with E-state index in [2.05, 4.69) is 5.32 Å². The highest BCUT2D eigenvalue weighted by molar-refractivity contribution is 8.00. The van der Waals surface area contributed by atoms with Crippen LogP contribution in [-0.4, -0.2) is 22.9 Å². The maximum atomic E-state index is 12.3. The summed E-state index contributed by atoms with van der Waals surface area (Å²) in [5.74, 6) is 1.09. The van der Waals surface area contributed by atoms with Gasteiger partial charge in [-0.1, -0.05) is 0 Å². The van der Waals surface area contributed by atoms with E-state index < -0.39 is 4.92 Å². The zero-order valence-corrected chi connectivity index (χ0v) is 13.5. The smallest absolute Gasteiger partial charge is 0.269 e. The van der Waals surface area contributed by atoms with Crippen molar-refractivity contribution in [2.24, 2.45) is 0 Å². The Kier molecular flexibility index (Phi) is 4.57. The Morgan fingerprint density at radius 1 is 1.21 bits per heavy atom. The molecule has 0 fully saturated rings. The number of benzene rings is 2. The average molecular weight is 346 g/mol. The van der Waals surface area contributed by atoms with E-state index in [4.69, 9.17) is 9.47 Å². The van der Waals surface area contributed by atoms with Crippen molar-refractivity contribution in [2.75, 3.05) is 12.1 Å². The topological polar surface area (TPSA) is 90.7 Å². The Hall–Kier alpha value is -2.74. The van der Waals surface area contributed by atoms with Gasteiger partial charge in [0.1, 0.15) is 0 Å². The fourth-order valence-corrected chi connectivity index (χ4v) is 2.99. The number of ether oxygens (including phenoxy) is 2. The minimum atomic E-state index is -0.454. The highest BCUT2D eigenvalue weighted by atomic mass is 32.2. The van der Waals surface area contributed by atoms with E-state index in [-0.39, 0.29) is 23.6 Å². The molecule has 0 radical (unpaired) electrons. The van der Waals surface area contributed by atoms with E-state index in [1.165, 1.54) is 23.9 Å². The van der Waals surface area contributed by atoms with Gasteiger partial charge in [-0.2, -0.15) is 0 Å². The minimum absolute atomic E-state index is 0.0248. The van der Waals surface area contributed by atoms with E-state index in [0.717, 1.165) is 4.90 Å². The number of nitro benzene ring substituents is 1. The Morgan fingerprint density at radius 3 is 2.62 bits per heavy atom. The largest absolute Gasteiger partial charge is 0.454 e. The van der Waals surface area contributed by atoms with E-state index >= 15 is 0 Å². The molecular formula is C16H14N2O5S. The molecule has 2 aromatic rings. The summed E-state index contributed by atoms with van der Waals surface area (Å²) in [6, 6.07) is 11.3. The first kappa shape index (κ1) is 16.1. The molecule has 7 nitrogen and oxygen atoms in total. The van der Waals surface area contributed by atoms with Crippen molar-refractivity contribution in [2.45, 2.75) is 17.1 Å². The van der Waals surface area contributed by atoms with Crippen LogP contribution < -0.4 is 14.8 Å². The number of carbonyl (C=O) groups is 1. The molecule has 1 N–H and O–H groups in total. The number of nitrogens with one attached hydrogen (secondary N) is 1. The van der Waals surface area contributed by atoms with Crippen molar-refractivity contribution in [1.29, 1.82) is 0 Å². The van der Waals surface area contributed by atoms with Crippen LogP contribution in [-0.2, 0) is 4.79 Å². The quantitative estimate of drug-likeness (QED) is 0.507. The van der Waals surface area contributed by atoms with Crippen LogP contribution in [0, 0.1) is 10.1 Å². The lowest BCUT2D eigenvalue weighted by molar-refractivity contribution is -0.384. The van der Waals surface area contributed by atoms with Gasteiger partial charge < -0.3 is 14.8 Å². The molecule has 3 rings (SSSR count). The lowest BCUT2D eigenvalue weighted by Gasteiger charge is -2.12. The molecule has 0 saturated heterocycles. The molecule has 124 valence electrons. The number of fused-ring (bicyclic) bond motifs is 1.